The summed E-state index contributed by atoms with van der Waals surface area (Å²) >= 11 is 0. The Morgan fingerprint density at radius 2 is 1.89 bits per heavy atom. The first kappa shape index (κ1) is 11.8. The standard InChI is InChI=1S/C16H21NO/c1-12(13-7-3-2-4-8-13)17-11-14-9-5-6-10-15(14)16(17)18/h2-4,7-8,12,14-15H,5-6,9-11H2,1H3. The van der Waals surface area contributed by atoms with Crippen LogP contribution in [0, 0.1) is 11.8 Å². The number of hydrogen-bond donors (Lipinski definition) is 0. The van der Waals surface area contributed by atoms with Gasteiger partial charge in [-0.05, 0) is 31.2 Å². The monoisotopic (exact) mass is 243 g/mol. The number of hydrogen-bond acceptors (Lipinski definition) is 1. The number of likely N-dealkylation sites (tertiary alicyclic amines) is 1. The van der Waals surface area contributed by atoms with Gasteiger partial charge in [-0.2, -0.15) is 0 Å². The van der Waals surface area contributed by atoms with Gasteiger partial charge in [0.2, 0.25) is 5.91 Å². The summed E-state index contributed by atoms with van der Waals surface area (Å²) in [5, 5.41) is 0. The van der Waals surface area contributed by atoms with Gasteiger partial charge in [-0.1, -0.05) is 43.2 Å². The highest BCUT2D eigenvalue weighted by molar-refractivity contribution is 5.82. The van der Waals surface area contributed by atoms with Crippen molar-refractivity contribution in [2.45, 2.75) is 38.6 Å². The molecule has 1 aliphatic carbocycles. The van der Waals surface area contributed by atoms with E-state index < -0.39 is 0 Å². The maximum atomic E-state index is 12.5. The molecule has 1 saturated carbocycles. The zero-order valence-electron chi connectivity index (χ0n) is 11.0. The Balaban J connectivity index is 1.79. The van der Waals surface area contributed by atoms with E-state index in [1.807, 2.05) is 6.07 Å². The summed E-state index contributed by atoms with van der Waals surface area (Å²) in [6, 6.07) is 10.6. The van der Waals surface area contributed by atoms with Crippen molar-refractivity contribution in [3.63, 3.8) is 0 Å². The van der Waals surface area contributed by atoms with E-state index in [0.29, 0.717) is 17.7 Å². The van der Waals surface area contributed by atoms with Crippen molar-refractivity contribution in [1.29, 1.82) is 0 Å². The Labute approximate surface area is 109 Å². The maximum Gasteiger partial charge on any atom is 0.226 e. The lowest BCUT2D eigenvalue weighted by molar-refractivity contribution is -0.133. The molecular formula is C16H21NO. The Kier molecular flexibility index (Phi) is 3.11. The van der Waals surface area contributed by atoms with Gasteiger partial charge in [0.1, 0.15) is 0 Å². The van der Waals surface area contributed by atoms with E-state index in [2.05, 4.69) is 36.1 Å². The van der Waals surface area contributed by atoms with Crippen molar-refractivity contribution in [2.75, 3.05) is 6.54 Å². The van der Waals surface area contributed by atoms with E-state index in [-0.39, 0.29) is 6.04 Å². The highest BCUT2D eigenvalue weighted by atomic mass is 16.2. The molecule has 3 unspecified atom stereocenters. The average Bonchev–Trinajstić information content (AvgIpc) is 2.77. The minimum Gasteiger partial charge on any atom is -0.335 e. The molecule has 0 spiro atoms. The van der Waals surface area contributed by atoms with Gasteiger partial charge in [-0.3, -0.25) is 4.79 Å². The van der Waals surface area contributed by atoms with Crippen molar-refractivity contribution in [1.82, 2.24) is 4.90 Å². The van der Waals surface area contributed by atoms with Crippen LogP contribution in [-0.2, 0) is 4.79 Å². The van der Waals surface area contributed by atoms with Crippen molar-refractivity contribution < 1.29 is 4.79 Å². The summed E-state index contributed by atoms with van der Waals surface area (Å²) in [7, 11) is 0. The number of carbonyl (C=O) groups is 1. The van der Waals surface area contributed by atoms with Crippen LogP contribution < -0.4 is 0 Å². The normalized spacial score (nSPS) is 29.2. The van der Waals surface area contributed by atoms with Crippen LogP contribution in [0.4, 0.5) is 0 Å². The van der Waals surface area contributed by atoms with E-state index in [1.165, 1.54) is 24.8 Å². The molecular weight excluding hydrogens is 222 g/mol. The van der Waals surface area contributed by atoms with Gasteiger partial charge < -0.3 is 4.90 Å². The first-order valence-corrected chi connectivity index (χ1v) is 7.13. The Hall–Kier alpha value is -1.31. The Morgan fingerprint density at radius 3 is 2.61 bits per heavy atom. The molecule has 1 heterocycles. The van der Waals surface area contributed by atoms with Crippen LogP contribution >= 0.6 is 0 Å². The number of benzene rings is 1. The summed E-state index contributed by atoms with van der Waals surface area (Å²) < 4.78 is 0. The van der Waals surface area contributed by atoms with Gasteiger partial charge in [-0.25, -0.2) is 0 Å². The molecule has 0 radical (unpaired) electrons. The molecule has 2 nitrogen and oxygen atoms in total. The molecule has 0 N–H and O–H groups in total. The first-order chi connectivity index (χ1) is 8.77. The van der Waals surface area contributed by atoms with Crippen LogP contribution in [0.3, 0.4) is 0 Å². The van der Waals surface area contributed by atoms with Gasteiger partial charge in [-0.15, -0.1) is 0 Å². The number of fused-ring (bicyclic) bond motifs is 1. The topological polar surface area (TPSA) is 20.3 Å². The van der Waals surface area contributed by atoms with Crippen LogP contribution in [-0.4, -0.2) is 17.4 Å². The molecule has 1 aromatic carbocycles. The predicted octanol–water partition coefficient (Wildman–Crippen LogP) is 3.40. The van der Waals surface area contributed by atoms with E-state index in [9.17, 15) is 4.79 Å². The van der Waals surface area contributed by atoms with E-state index in [1.54, 1.807) is 0 Å². The summed E-state index contributed by atoms with van der Waals surface area (Å²) in [5.41, 5.74) is 1.25. The van der Waals surface area contributed by atoms with E-state index >= 15 is 0 Å². The number of carbonyl (C=O) groups excluding carboxylic acids is 1. The van der Waals surface area contributed by atoms with Crippen LogP contribution in [0.5, 0.6) is 0 Å². The minimum absolute atomic E-state index is 0.226. The van der Waals surface area contributed by atoms with Crippen molar-refractivity contribution in [3.05, 3.63) is 35.9 Å². The third-order valence-corrected chi connectivity index (χ3v) is 4.69. The molecule has 2 aliphatic rings. The zero-order valence-corrected chi connectivity index (χ0v) is 11.0. The zero-order chi connectivity index (χ0) is 12.5. The predicted molar refractivity (Wildman–Crippen MR) is 72.0 cm³/mol. The minimum atomic E-state index is 0.226. The molecule has 18 heavy (non-hydrogen) atoms. The van der Waals surface area contributed by atoms with Gasteiger partial charge >= 0.3 is 0 Å². The Bertz CT molecular complexity index is 428. The third-order valence-electron chi connectivity index (χ3n) is 4.69. The lowest BCUT2D eigenvalue weighted by atomic mass is 9.81. The smallest absolute Gasteiger partial charge is 0.226 e. The second-order valence-corrected chi connectivity index (χ2v) is 5.73. The summed E-state index contributed by atoms with van der Waals surface area (Å²) in [6.07, 6.45) is 4.90. The third kappa shape index (κ3) is 1.94. The van der Waals surface area contributed by atoms with Crippen LogP contribution in [0.25, 0.3) is 0 Å². The molecule has 2 heteroatoms. The summed E-state index contributed by atoms with van der Waals surface area (Å²) in [4.78, 5) is 14.6. The molecule has 1 saturated heterocycles. The first-order valence-electron chi connectivity index (χ1n) is 7.13. The quantitative estimate of drug-likeness (QED) is 0.779. The molecule has 2 fully saturated rings. The second kappa shape index (κ2) is 4.75. The summed E-state index contributed by atoms with van der Waals surface area (Å²) in [6.45, 7) is 3.13. The largest absolute Gasteiger partial charge is 0.335 e. The molecule has 1 amide bonds. The van der Waals surface area contributed by atoms with Gasteiger partial charge in [0.15, 0.2) is 0 Å². The van der Waals surface area contributed by atoms with Gasteiger partial charge in [0.05, 0.1) is 6.04 Å². The number of rotatable bonds is 2. The highest BCUT2D eigenvalue weighted by Crippen LogP contribution is 2.40. The fraction of sp³-hybridized carbons (Fsp3) is 0.562. The van der Waals surface area contributed by atoms with Crippen molar-refractivity contribution >= 4 is 5.91 Å². The number of amides is 1. The van der Waals surface area contributed by atoms with E-state index in [4.69, 9.17) is 0 Å². The SMILES string of the molecule is CC(c1ccccc1)N1CC2CCCCC2C1=O. The molecule has 3 rings (SSSR count). The number of nitrogens with zero attached hydrogens (tertiary/aromatic N) is 1. The van der Waals surface area contributed by atoms with Crippen LogP contribution in [0.1, 0.15) is 44.2 Å². The molecule has 96 valence electrons. The lowest BCUT2D eigenvalue weighted by Gasteiger charge is -2.25. The molecule has 0 bridgehead atoms. The molecule has 3 atom stereocenters. The molecule has 1 aliphatic heterocycles. The fourth-order valence-electron chi connectivity index (χ4n) is 3.57. The van der Waals surface area contributed by atoms with E-state index in [0.717, 1.165) is 13.0 Å². The molecule has 1 aromatic rings. The summed E-state index contributed by atoms with van der Waals surface area (Å²) in [5.74, 6) is 1.35. The lowest BCUT2D eigenvalue weighted by Crippen LogP contribution is -2.30. The average molecular weight is 243 g/mol. The second-order valence-electron chi connectivity index (χ2n) is 5.73. The fourth-order valence-corrected chi connectivity index (χ4v) is 3.57. The van der Waals surface area contributed by atoms with Gasteiger partial charge in [0, 0.05) is 12.5 Å². The van der Waals surface area contributed by atoms with Crippen molar-refractivity contribution in [3.8, 4) is 0 Å². The molecule has 0 aromatic heterocycles. The maximum absolute atomic E-state index is 12.5. The highest BCUT2D eigenvalue weighted by Gasteiger charge is 2.42. The van der Waals surface area contributed by atoms with Gasteiger partial charge in [0.25, 0.3) is 0 Å². The van der Waals surface area contributed by atoms with Crippen molar-refractivity contribution in [2.24, 2.45) is 11.8 Å². The van der Waals surface area contributed by atoms with Crippen LogP contribution in [0.2, 0.25) is 0 Å². The van der Waals surface area contributed by atoms with Crippen LogP contribution in [0.15, 0.2) is 30.3 Å². The Morgan fingerprint density at radius 1 is 1.17 bits per heavy atom.